The topological polar surface area (TPSA) is 60.3 Å². The first kappa shape index (κ1) is 25.7. The van der Waals surface area contributed by atoms with Crippen LogP contribution in [0.2, 0.25) is 0 Å². The first-order valence-corrected chi connectivity index (χ1v) is 15.8. The molecule has 2 aliphatic carbocycles. The summed E-state index contributed by atoms with van der Waals surface area (Å²) < 4.78 is 7.79. The van der Waals surface area contributed by atoms with Gasteiger partial charge in [-0.05, 0) is 78.8 Å². The highest BCUT2D eigenvalue weighted by Crippen LogP contribution is 2.64. The Balaban J connectivity index is 1.18. The van der Waals surface area contributed by atoms with Gasteiger partial charge in [-0.15, -0.1) is 11.8 Å². The summed E-state index contributed by atoms with van der Waals surface area (Å²) in [5.74, 6) is 2.78. The summed E-state index contributed by atoms with van der Waals surface area (Å²) in [5.41, 5.74) is 4.18. The first-order chi connectivity index (χ1) is 19.5. The number of ether oxygens (including phenoxy) is 1. The van der Waals surface area contributed by atoms with Gasteiger partial charge in [0, 0.05) is 21.7 Å². The Morgan fingerprint density at radius 3 is 2.52 bits per heavy atom. The lowest BCUT2D eigenvalue weighted by Crippen LogP contribution is -2.34. The average Bonchev–Trinajstić information content (AvgIpc) is 3.67. The highest BCUT2D eigenvalue weighted by atomic mass is 32.2. The maximum absolute atomic E-state index is 13.4. The normalized spacial score (nSPS) is 24.4. The number of nitrogens with zero attached hydrogens (tertiary/aromatic N) is 1. The van der Waals surface area contributed by atoms with E-state index in [1.807, 2.05) is 61.2 Å². The zero-order valence-corrected chi connectivity index (χ0v) is 24.0. The van der Waals surface area contributed by atoms with Crippen molar-refractivity contribution in [2.45, 2.75) is 55.5 Å². The number of aromatic nitrogens is 1. The van der Waals surface area contributed by atoms with E-state index < -0.39 is 0 Å². The second-order valence-corrected chi connectivity index (χ2v) is 13.5. The number of hydrogen-bond acceptors (Lipinski definition) is 5. The summed E-state index contributed by atoms with van der Waals surface area (Å²) in [6.45, 7) is 2.55. The van der Waals surface area contributed by atoms with E-state index in [0.717, 1.165) is 32.5 Å². The third-order valence-electron chi connectivity index (χ3n) is 8.90. The molecule has 1 aliphatic heterocycles. The number of para-hydroxylation sites is 1. The van der Waals surface area contributed by atoms with Gasteiger partial charge in [0.25, 0.3) is 0 Å². The average molecular weight is 569 g/mol. The number of fused-ring (bicyclic) bond motifs is 6. The summed E-state index contributed by atoms with van der Waals surface area (Å²) in [5, 5.41) is 4.50. The molecule has 5 atom stereocenters. The molecule has 7 rings (SSSR count). The lowest BCUT2D eigenvalue weighted by atomic mass is 9.75. The van der Waals surface area contributed by atoms with E-state index in [0.29, 0.717) is 29.6 Å². The van der Waals surface area contributed by atoms with E-state index in [9.17, 15) is 9.59 Å². The summed E-state index contributed by atoms with van der Waals surface area (Å²) in [6, 6.07) is 26.4. The minimum absolute atomic E-state index is 0.0382. The van der Waals surface area contributed by atoms with Crippen molar-refractivity contribution >= 4 is 34.7 Å². The SMILES string of the molecule is Cc1ccccc1NC(=O)Cn1c2c(sc1=O)C(c1ccc(OCc3ccccc3)cc1)C1C3CCC(C3)C1S2. The number of benzene rings is 3. The number of anilines is 1. The molecule has 4 aromatic rings. The predicted molar refractivity (Wildman–Crippen MR) is 161 cm³/mol. The van der Waals surface area contributed by atoms with Gasteiger partial charge in [-0.1, -0.05) is 72.0 Å². The minimum atomic E-state index is -0.163. The van der Waals surface area contributed by atoms with Gasteiger partial charge in [-0.2, -0.15) is 0 Å². The molecule has 0 spiro atoms. The highest BCUT2D eigenvalue weighted by molar-refractivity contribution is 8.00. The molecule has 2 heterocycles. The van der Waals surface area contributed by atoms with Crippen molar-refractivity contribution in [3.8, 4) is 5.75 Å². The lowest BCUT2D eigenvalue weighted by Gasteiger charge is -2.40. The Kier molecular flexibility index (Phi) is 6.80. The molecule has 0 radical (unpaired) electrons. The van der Waals surface area contributed by atoms with Gasteiger partial charge < -0.3 is 10.1 Å². The Morgan fingerprint density at radius 2 is 1.73 bits per heavy atom. The van der Waals surface area contributed by atoms with E-state index in [4.69, 9.17) is 4.74 Å². The van der Waals surface area contributed by atoms with Gasteiger partial charge in [0.15, 0.2) is 0 Å². The largest absolute Gasteiger partial charge is 0.489 e. The molecule has 1 amide bonds. The molecule has 1 N–H and O–H groups in total. The summed E-state index contributed by atoms with van der Waals surface area (Å²) >= 11 is 3.20. The van der Waals surface area contributed by atoms with Crippen LogP contribution >= 0.6 is 23.1 Å². The monoisotopic (exact) mass is 568 g/mol. The van der Waals surface area contributed by atoms with Crippen LogP contribution in [0.3, 0.4) is 0 Å². The Morgan fingerprint density at radius 1 is 0.975 bits per heavy atom. The number of aryl methyl sites for hydroxylation is 1. The second kappa shape index (κ2) is 10.6. The number of thioether (sulfide) groups is 1. The van der Waals surface area contributed by atoms with Crippen molar-refractivity contribution < 1.29 is 9.53 Å². The van der Waals surface area contributed by atoms with Crippen LogP contribution in [-0.2, 0) is 17.9 Å². The van der Waals surface area contributed by atoms with E-state index >= 15 is 0 Å². The smallest absolute Gasteiger partial charge is 0.308 e. The highest BCUT2D eigenvalue weighted by Gasteiger charge is 2.55. The van der Waals surface area contributed by atoms with Crippen molar-refractivity contribution in [3.63, 3.8) is 0 Å². The van der Waals surface area contributed by atoms with Gasteiger partial charge in [0.05, 0.1) is 5.03 Å². The number of carbonyl (C=O) groups excluding carboxylic acids is 1. The maximum Gasteiger partial charge on any atom is 0.308 e. The number of hydrogen-bond donors (Lipinski definition) is 1. The van der Waals surface area contributed by atoms with Crippen molar-refractivity contribution in [2.75, 3.05) is 5.32 Å². The molecule has 0 saturated heterocycles. The van der Waals surface area contributed by atoms with Crippen molar-refractivity contribution in [3.05, 3.63) is 110 Å². The Labute approximate surface area is 242 Å². The van der Waals surface area contributed by atoms with Crippen LogP contribution < -0.4 is 14.9 Å². The fraction of sp³-hybridized carbons (Fsp3) is 0.333. The van der Waals surface area contributed by atoms with Gasteiger partial charge in [0.2, 0.25) is 5.91 Å². The molecule has 2 saturated carbocycles. The molecule has 40 heavy (non-hydrogen) atoms. The molecule has 1 aromatic heterocycles. The minimum Gasteiger partial charge on any atom is -0.489 e. The van der Waals surface area contributed by atoms with E-state index in [1.165, 1.54) is 36.2 Å². The third-order valence-corrected chi connectivity index (χ3v) is 11.7. The summed E-state index contributed by atoms with van der Waals surface area (Å²) in [4.78, 5) is 27.6. The third kappa shape index (κ3) is 4.69. The predicted octanol–water partition coefficient (Wildman–Crippen LogP) is 7.09. The van der Waals surface area contributed by atoms with Crippen LogP contribution in [0.4, 0.5) is 5.69 Å². The van der Waals surface area contributed by atoms with Crippen LogP contribution in [0, 0.1) is 24.7 Å². The molecule has 5 nitrogen and oxygen atoms in total. The summed E-state index contributed by atoms with van der Waals surface area (Å²) in [7, 11) is 0. The van der Waals surface area contributed by atoms with Crippen LogP contribution in [0.15, 0.2) is 88.7 Å². The fourth-order valence-electron chi connectivity index (χ4n) is 7.02. The second-order valence-electron chi connectivity index (χ2n) is 11.3. The zero-order valence-electron chi connectivity index (χ0n) is 22.4. The molecular weight excluding hydrogens is 537 g/mol. The maximum atomic E-state index is 13.4. The number of thiazole rings is 1. The van der Waals surface area contributed by atoms with Crippen LogP contribution in [-0.4, -0.2) is 15.7 Å². The van der Waals surface area contributed by atoms with Crippen molar-refractivity contribution in [2.24, 2.45) is 17.8 Å². The van der Waals surface area contributed by atoms with Crippen LogP contribution in [0.1, 0.15) is 46.7 Å². The standard InChI is InChI=1S/C33H32N2O3S2/c1-20-7-5-6-10-26(20)34-27(36)18-35-32-31(40-33(35)37)28(29-23-11-12-24(17-23)30(29)39-32)22-13-15-25(16-14-22)38-19-21-8-3-2-4-9-21/h2-10,13-16,23-24,28-30H,11-12,17-19H2,1H3,(H,34,36). The van der Waals surface area contributed by atoms with Crippen molar-refractivity contribution in [1.29, 1.82) is 0 Å². The van der Waals surface area contributed by atoms with Gasteiger partial charge in [-0.3, -0.25) is 14.2 Å². The van der Waals surface area contributed by atoms with Crippen LogP contribution in [0.5, 0.6) is 5.75 Å². The first-order valence-electron chi connectivity index (χ1n) is 14.1. The van der Waals surface area contributed by atoms with Gasteiger partial charge in [-0.25, -0.2) is 0 Å². The van der Waals surface area contributed by atoms with E-state index in [-0.39, 0.29) is 23.2 Å². The molecule has 3 aromatic carbocycles. The molecular formula is C33H32N2O3S2. The molecule has 7 heteroatoms. The summed E-state index contributed by atoms with van der Waals surface area (Å²) in [6.07, 6.45) is 3.84. The Bertz CT molecular complexity index is 1590. The Hall–Kier alpha value is -3.29. The van der Waals surface area contributed by atoms with Gasteiger partial charge in [0.1, 0.15) is 18.9 Å². The number of nitrogens with one attached hydrogen (secondary N) is 1. The molecule has 3 aliphatic rings. The number of amides is 1. The molecule has 5 unspecified atom stereocenters. The van der Waals surface area contributed by atoms with E-state index in [2.05, 4.69) is 41.7 Å². The quantitative estimate of drug-likeness (QED) is 0.259. The van der Waals surface area contributed by atoms with Gasteiger partial charge >= 0.3 is 4.87 Å². The zero-order chi connectivity index (χ0) is 27.2. The van der Waals surface area contributed by atoms with E-state index in [1.54, 1.807) is 4.57 Å². The lowest BCUT2D eigenvalue weighted by molar-refractivity contribution is -0.116. The molecule has 2 bridgehead atoms. The number of rotatable bonds is 7. The molecule has 2 fully saturated rings. The van der Waals surface area contributed by atoms with Crippen molar-refractivity contribution in [1.82, 2.24) is 4.57 Å². The fourth-order valence-corrected chi connectivity index (χ4v) is 10.2. The molecule has 204 valence electrons. The number of carbonyl (C=O) groups is 1. The van der Waals surface area contributed by atoms with Crippen LogP contribution in [0.25, 0.3) is 0 Å².